The summed E-state index contributed by atoms with van der Waals surface area (Å²) < 4.78 is 1.16. The molecule has 0 spiro atoms. The molecule has 2 aromatic carbocycles. The maximum atomic E-state index is 6.27. The van der Waals surface area contributed by atoms with E-state index in [0.717, 1.165) is 15.9 Å². The number of likely N-dealkylation sites (N-methyl/N-ethyl adjacent to an activating group) is 1. The van der Waals surface area contributed by atoms with Gasteiger partial charge in [0.15, 0.2) is 0 Å². The second kappa shape index (κ2) is 6.75. The summed E-state index contributed by atoms with van der Waals surface area (Å²) in [7, 11) is 2.00. The lowest BCUT2D eigenvalue weighted by Gasteiger charge is -2.21. The van der Waals surface area contributed by atoms with Crippen molar-refractivity contribution in [1.29, 1.82) is 0 Å². The number of halogens is 2. The third-order valence-corrected chi connectivity index (χ3v) is 4.88. The van der Waals surface area contributed by atoms with Gasteiger partial charge in [-0.15, -0.1) is 0 Å². The summed E-state index contributed by atoms with van der Waals surface area (Å²) in [5.74, 6) is 0. The number of hydrogen-bond donors (Lipinski definition) is 1. The first-order valence-corrected chi connectivity index (χ1v) is 7.87. The molecule has 0 heterocycles. The van der Waals surface area contributed by atoms with Crippen LogP contribution in [0.15, 0.2) is 40.9 Å². The average molecular weight is 353 g/mol. The lowest BCUT2D eigenvalue weighted by Crippen LogP contribution is -2.20. The fraction of sp³-hybridized carbons (Fsp3) is 0.294. The Kier molecular flexibility index (Phi) is 5.25. The Balaban J connectivity index is 2.34. The van der Waals surface area contributed by atoms with E-state index in [2.05, 4.69) is 53.3 Å². The molecule has 0 saturated heterocycles. The van der Waals surface area contributed by atoms with Gasteiger partial charge in [-0.25, -0.2) is 0 Å². The minimum Gasteiger partial charge on any atom is -0.313 e. The number of nitrogens with one attached hydrogen (secondary N) is 1. The van der Waals surface area contributed by atoms with Crippen LogP contribution in [0.25, 0.3) is 0 Å². The molecule has 0 radical (unpaired) electrons. The largest absolute Gasteiger partial charge is 0.313 e. The molecule has 0 aliphatic rings. The highest BCUT2D eigenvalue weighted by atomic mass is 79.9. The van der Waals surface area contributed by atoms with Gasteiger partial charge in [-0.1, -0.05) is 51.8 Å². The number of rotatable bonds is 4. The van der Waals surface area contributed by atoms with E-state index in [1.165, 1.54) is 22.3 Å². The first kappa shape index (κ1) is 15.6. The number of aryl methyl sites for hydroxylation is 2. The number of benzene rings is 2. The van der Waals surface area contributed by atoms with Crippen LogP contribution >= 0.6 is 27.5 Å². The predicted octanol–water partition coefficient (Wildman–Crippen LogP) is 5.22. The van der Waals surface area contributed by atoms with Crippen LogP contribution in [0.5, 0.6) is 0 Å². The van der Waals surface area contributed by atoms with Crippen LogP contribution in [0, 0.1) is 13.8 Å². The molecule has 0 aliphatic heterocycles. The first-order valence-electron chi connectivity index (χ1n) is 6.70. The van der Waals surface area contributed by atoms with Crippen molar-refractivity contribution >= 4 is 27.5 Å². The molecular formula is C17H19BrClN. The standard InChI is InChI=1S/C17H19BrClN/c1-11-9-15(18)12(2)8-14(11)17(20-3)10-13-6-4-5-7-16(13)19/h4-9,17,20H,10H2,1-3H3. The van der Waals surface area contributed by atoms with Gasteiger partial charge in [0.1, 0.15) is 0 Å². The van der Waals surface area contributed by atoms with Crippen molar-refractivity contribution in [3.05, 3.63) is 68.1 Å². The molecule has 0 fully saturated rings. The van der Waals surface area contributed by atoms with Gasteiger partial charge in [0.2, 0.25) is 0 Å². The molecule has 2 rings (SSSR count). The van der Waals surface area contributed by atoms with Crippen LogP contribution in [0.4, 0.5) is 0 Å². The minimum atomic E-state index is 0.265. The first-order chi connectivity index (χ1) is 9.52. The van der Waals surface area contributed by atoms with Gasteiger partial charge in [0.25, 0.3) is 0 Å². The minimum absolute atomic E-state index is 0.265. The van der Waals surface area contributed by atoms with Gasteiger partial charge >= 0.3 is 0 Å². The van der Waals surface area contributed by atoms with E-state index < -0.39 is 0 Å². The molecule has 0 saturated carbocycles. The second-order valence-electron chi connectivity index (χ2n) is 5.09. The van der Waals surface area contributed by atoms with E-state index in [1.807, 2.05) is 25.2 Å². The Labute approximate surface area is 134 Å². The molecule has 1 N–H and O–H groups in total. The van der Waals surface area contributed by atoms with Gasteiger partial charge in [0.05, 0.1) is 0 Å². The normalized spacial score (nSPS) is 12.4. The third kappa shape index (κ3) is 3.43. The zero-order valence-corrected chi connectivity index (χ0v) is 14.3. The van der Waals surface area contributed by atoms with Gasteiger partial charge in [-0.05, 0) is 61.7 Å². The Morgan fingerprint density at radius 1 is 1.15 bits per heavy atom. The summed E-state index contributed by atoms with van der Waals surface area (Å²) >= 11 is 9.86. The fourth-order valence-corrected chi connectivity index (χ4v) is 3.10. The maximum Gasteiger partial charge on any atom is 0.0438 e. The Hall–Kier alpha value is -0.830. The summed E-state index contributed by atoms with van der Waals surface area (Å²) in [6.07, 6.45) is 0.887. The molecule has 106 valence electrons. The Morgan fingerprint density at radius 3 is 2.50 bits per heavy atom. The second-order valence-corrected chi connectivity index (χ2v) is 6.36. The summed E-state index contributed by atoms with van der Waals surface area (Å²) in [6, 6.07) is 12.7. The quantitative estimate of drug-likeness (QED) is 0.795. The predicted molar refractivity (Wildman–Crippen MR) is 90.6 cm³/mol. The van der Waals surface area contributed by atoms with Crippen LogP contribution in [-0.4, -0.2) is 7.05 Å². The molecule has 0 amide bonds. The fourth-order valence-electron chi connectivity index (χ4n) is 2.43. The Morgan fingerprint density at radius 2 is 1.85 bits per heavy atom. The van der Waals surface area contributed by atoms with E-state index >= 15 is 0 Å². The summed E-state index contributed by atoms with van der Waals surface area (Å²) in [5, 5.41) is 4.24. The molecule has 0 aliphatic carbocycles. The van der Waals surface area contributed by atoms with Crippen LogP contribution in [-0.2, 0) is 6.42 Å². The molecule has 2 aromatic rings. The van der Waals surface area contributed by atoms with Crippen molar-refractivity contribution in [3.63, 3.8) is 0 Å². The van der Waals surface area contributed by atoms with Crippen molar-refractivity contribution in [2.75, 3.05) is 7.05 Å². The summed E-state index contributed by atoms with van der Waals surface area (Å²) in [4.78, 5) is 0. The van der Waals surface area contributed by atoms with Crippen molar-refractivity contribution in [1.82, 2.24) is 5.32 Å². The number of hydrogen-bond acceptors (Lipinski definition) is 1. The van der Waals surface area contributed by atoms with Crippen LogP contribution in [0.1, 0.15) is 28.3 Å². The third-order valence-electron chi connectivity index (χ3n) is 3.65. The Bertz CT molecular complexity index is 610. The zero-order valence-electron chi connectivity index (χ0n) is 12.0. The highest BCUT2D eigenvalue weighted by Crippen LogP contribution is 2.29. The van der Waals surface area contributed by atoms with E-state index in [1.54, 1.807) is 0 Å². The van der Waals surface area contributed by atoms with Crippen LogP contribution < -0.4 is 5.32 Å². The molecule has 0 aromatic heterocycles. The van der Waals surface area contributed by atoms with E-state index in [9.17, 15) is 0 Å². The molecule has 1 atom stereocenters. The van der Waals surface area contributed by atoms with E-state index in [-0.39, 0.29) is 6.04 Å². The molecular weight excluding hydrogens is 334 g/mol. The SMILES string of the molecule is CNC(Cc1ccccc1Cl)c1cc(C)c(Br)cc1C. The molecule has 0 bridgehead atoms. The molecule has 3 heteroatoms. The van der Waals surface area contributed by atoms with E-state index in [4.69, 9.17) is 11.6 Å². The van der Waals surface area contributed by atoms with Gasteiger partial charge in [0, 0.05) is 15.5 Å². The van der Waals surface area contributed by atoms with Crippen molar-refractivity contribution in [2.45, 2.75) is 26.3 Å². The summed E-state index contributed by atoms with van der Waals surface area (Å²) in [5.41, 5.74) is 5.04. The van der Waals surface area contributed by atoms with Gasteiger partial charge in [-0.3, -0.25) is 0 Å². The van der Waals surface area contributed by atoms with Crippen molar-refractivity contribution in [3.8, 4) is 0 Å². The molecule has 1 unspecified atom stereocenters. The average Bonchev–Trinajstić information content (AvgIpc) is 2.42. The lowest BCUT2D eigenvalue weighted by molar-refractivity contribution is 0.588. The highest BCUT2D eigenvalue weighted by molar-refractivity contribution is 9.10. The van der Waals surface area contributed by atoms with Gasteiger partial charge < -0.3 is 5.32 Å². The topological polar surface area (TPSA) is 12.0 Å². The van der Waals surface area contributed by atoms with Crippen molar-refractivity contribution < 1.29 is 0 Å². The van der Waals surface area contributed by atoms with E-state index in [0.29, 0.717) is 0 Å². The van der Waals surface area contributed by atoms with Gasteiger partial charge in [-0.2, -0.15) is 0 Å². The highest BCUT2D eigenvalue weighted by Gasteiger charge is 2.15. The van der Waals surface area contributed by atoms with Crippen molar-refractivity contribution in [2.24, 2.45) is 0 Å². The maximum absolute atomic E-state index is 6.27. The monoisotopic (exact) mass is 351 g/mol. The summed E-state index contributed by atoms with van der Waals surface area (Å²) in [6.45, 7) is 4.27. The van der Waals surface area contributed by atoms with Crippen LogP contribution in [0.3, 0.4) is 0 Å². The molecule has 20 heavy (non-hydrogen) atoms. The zero-order chi connectivity index (χ0) is 14.7. The van der Waals surface area contributed by atoms with Crippen LogP contribution in [0.2, 0.25) is 5.02 Å². The lowest BCUT2D eigenvalue weighted by atomic mass is 9.94. The smallest absolute Gasteiger partial charge is 0.0438 e. The molecule has 1 nitrogen and oxygen atoms in total.